The molecule has 1 unspecified atom stereocenters. The molecule has 1 aliphatic rings. The van der Waals surface area contributed by atoms with Crippen molar-refractivity contribution in [3.63, 3.8) is 0 Å². The van der Waals surface area contributed by atoms with Gasteiger partial charge >= 0.3 is 0 Å². The molecular weight excluding hydrogens is 320 g/mol. The van der Waals surface area contributed by atoms with Gasteiger partial charge in [-0.15, -0.1) is 0 Å². The fraction of sp³-hybridized carbons (Fsp3) is 0.600. The maximum Gasteiger partial charge on any atom is 0.0980 e. The molecule has 0 aromatic heterocycles. The fourth-order valence-corrected chi connectivity index (χ4v) is 3.05. The standard InChI is InChI=1S/C15H23BrN2O2/c1-2-5-17-9-12-3-4-15(14(16)8-12)18-6-7-20-13(10-18)11-19/h3-4,8,13,17,19H,2,5-7,9-11H2,1H3. The Bertz CT molecular complexity index is 428. The van der Waals surface area contributed by atoms with Crippen LogP contribution in [0.4, 0.5) is 5.69 Å². The van der Waals surface area contributed by atoms with Crippen LogP contribution in [0.1, 0.15) is 18.9 Å². The normalized spacial score (nSPS) is 19.4. The van der Waals surface area contributed by atoms with E-state index in [0.29, 0.717) is 6.61 Å². The third-order valence-corrected chi connectivity index (χ3v) is 4.09. The van der Waals surface area contributed by atoms with Crippen LogP contribution in [0.2, 0.25) is 0 Å². The second-order valence-corrected chi connectivity index (χ2v) is 5.94. The van der Waals surface area contributed by atoms with Crippen LogP contribution in [0.15, 0.2) is 22.7 Å². The lowest BCUT2D eigenvalue weighted by Gasteiger charge is -2.34. The Morgan fingerprint density at radius 3 is 3.05 bits per heavy atom. The molecule has 0 spiro atoms. The summed E-state index contributed by atoms with van der Waals surface area (Å²) in [5.74, 6) is 0. The van der Waals surface area contributed by atoms with Gasteiger partial charge in [0, 0.05) is 24.1 Å². The summed E-state index contributed by atoms with van der Waals surface area (Å²) in [4.78, 5) is 2.26. The Kier molecular flexibility index (Phi) is 6.29. The smallest absolute Gasteiger partial charge is 0.0980 e. The van der Waals surface area contributed by atoms with E-state index in [1.807, 2.05) is 0 Å². The molecule has 0 aliphatic carbocycles. The molecule has 1 aliphatic heterocycles. The lowest BCUT2D eigenvalue weighted by atomic mass is 10.1. The topological polar surface area (TPSA) is 44.7 Å². The molecule has 1 heterocycles. The van der Waals surface area contributed by atoms with E-state index >= 15 is 0 Å². The molecule has 4 nitrogen and oxygen atoms in total. The lowest BCUT2D eigenvalue weighted by molar-refractivity contribution is 0.00353. The van der Waals surface area contributed by atoms with E-state index in [9.17, 15) is 5.11 Å². The molecular formula is C15H23BrN2O2. The first-order chi connectivity index (χ1) is 9.74. The number of aliphatic hydroxyl groups is 1. The van der Waals surface area contributed by atoms with Gasteiger partial charge in [0.1, 0.15) is 0 Å². The van der Waals surface area contributed by atoms with E-state index in [0.717, 1.165) is 37.1 Å². The van der Waals surface area contributed by atoms with Crippen molar-refractivity contribution in [3.05, 3.63) is 28.2 Å². The minimum atomic E-state index is -0.0819. The van der Waals surface area contributed by atoms with Crippen molar-refractivity contribution in [2.45, 2.75) is 26.0 Å². The summed E-state index contributed by atoms with van der Waals surface area (Å²) in [6.07, 6.45) is 1.07. The molecule has 0 bridgehead atoms. The average Bonchev–Trinajstić information content (AvgIpc) is 2.48. The van der Waals surface area contributed by atoms with Crippen LogP contribution in [-0.4, -0.2) is 44.1 Å². The molecule has 2 rings (SSSR count). The second kappa shape index (κ2) is 7.98. The number of morpholine rings is 1. The van der Waals surface area contributed by atoms with Crippen LogP contribution >= 0.6 is 15.9 Å². The number of benzene rings is 1. The number of anilines is 1. The molecule has 1 aromatic rings. The highest BCUT2D eigenvalue weighted by molar-refractivity contribution is 9.10. The van der Waals surface area contributed by atoms with Gasteiger partial charge in [-0.3, -0.25) is 0 Å². The van der Waals surface area contributed by atoms with Crippen molar-refractivity contribution in [3.8, 4) is 0 Å². The number of rotatable bonds is 6. The summed E-state index contributed by atoms with van der Waals surface area (Å²) >= 11 is 3.66. The Balaban J connectivity index is 2.01. The van der Waals surface area contributed by atoms with Gasteiger partial charge in [0.25, 0.3) is 0 Å². The van der Waals surface area contributed by atoms with Gasteiger partial charge in [-0.05, 0) is 46.6 Å². The summed E-state index contributed by atoms with van der Waals surface area (Å²) < 4.78 is 6.59. The summed E-state index contributed by atoms with van der Waals surface area (Å²) in [6, 6.07) is 6.47. The molecule has 0 amide bonds. The lowest BCUT2D eigenvalue weighted by Crippen LogP contribution is -2.44. The van der Waals surface area contributed by atoms with Crippen LogP contribution in [0.25, 0.3) is 0 Å². The number of aliphatic hydroxyl groups excluding tert-OH is 1. The van der Waals surface area contributed by atoms with Gasteiger partial charge < -0.3 is 20.1 Å². The Morgan fingerprint density at radius 2 is 2.35 bits per heavy atom. The van der Waals surface area contributed by atoms with E-state index in [1.165, 1.54) is 11.3 Å². The molecule has 20 heavy (non-hydrogen) atoms. The highest BCUT2D eigenvalue weighted by atomic mass is 79.9. The van der Waals surface area contributed by atoms with Crippen molar-refractivity contribution in [2.24, 2.45) is 0 Å². The first kappa shape index (κ1) is 15.8. The molecule has 1 fully saturated rings. The summed E-state index contributed by atoms with van der Waals surface area (Å²) in [7, 11) is 0. The molecule has 2 N–H and O–H groups in total. The van der Waals surface area contributed by atoms with E-state index in [2.05, 4.69) is 51.3 Å². The van der Waals surface area contributed by atoms with Gasteiger partial charge in [-0.2, -0.15) is 0 Å². The Morgan fingerprint density at radius 1 is 1.50 bits per heavy atom. The number of ether oxygens (including phenoxy) is 1. The van der Waals surface area contributed by atoms with Gasteiger partial charge in [0.05, 0.1) is 25.0 Å². The molecule has 1 aromatic carbocycles. The Labute approximate surface area is 129 Å². The molecule has 1 atom stereocenters. The fourth-order valence-electron chi connectivity index (χ4n) is 2.37. The van der Waals surface area contributed by atoms with Crippen LogP contribution in [0, 0.1) is 0 Å². The molecule has 0 radical (unpaired) electrons. The highest BCUT2D eigenvalue weighted by Crippen LogP contribution is 2.28. The number of hydrogen-bond donors (Lipinski definition) is 2. The van der Waals surface area contributed by atoms with Crippen molar-refractivity contribution >= 4 is 21.6 Å². The predicted molar refractivity (Wildman–Crippen MR) is 85.2 cm³/mol. The van der Waals surface area contributed by atoms with Crippen molar-refractivity contribution in [1.29, 1.82) is 0 Å². The number of hydrogen-bond acceptors (Lipinski definition) is 4. The first-order valence-corrected chi connectivity index (χ1v) is 8.00. The number of nitrogens with one attached hydrogen (secondary N) is 1. The van der Waals surface area contributed by atoms with Crippen molar-refractivity contribution < 1.29 is 9.84 Å². The summed E-state index contributed by atoms with van der Waals surface area (Å²) in [5, 5.41) is 12.6. The maximum absolute atomic E-state index is 9.22. The minimum absolute atomic E-state index is 0.0765. The van der Waals surface area contributed by atoms with Crippen LogP contribution in [0.5, 0.6) is 0 Å². The molecule has 1 saturated heterocycles. The van der Waals surface area contributed by atoms with Gasteiger partial charge in [-0.25, -0.2) is 0 Å². The van der Waals surface area contributed by atoms with E-state index in [-0.39, 0.29) is 12.7 Å². The minimum Gasteiger partial charge on any atom is -0.394 e. The quantitative estimate of drug-likeness (QED) is 0.777. The zero-order chi connectivity index (χ0) is 14.4. The van der Waals surface area contributed by atoms with Gasteiger partial charge in [0.15, 0.2) is 0 Å². The maximum atomic E-state index is 9.22. The Hall–Kier alpha value is -0.620. The number of halogens is 1. The monoisotopic (exact) mass is 342 g/mol. The highest BCUT2D eigenvalue weighted by Gasteiger charge is 2.21. The second-order valence-electron chi connectivity index (χ2n) is 5.08. The molecule has 5 heteroatoms. The van der Waals surface area contributed by atoms with Crippen LogP contribution in [0.3, 0.4) is 0 Å². The molecule has 0 saturated carbocycles. The summed E-state index contributed by atoms with van der Waals surface area (Å²) in [6.45, 7) is 6.45. The third-order valence-electron chi connectivity index (χ3n) is 3.45. The van der Waals surface area contributed by atoms with E-state index < -0.39 is 0 Å². The SMILES string of the molecule is CCCNCc1ccc(N2CCOC(CO)C2)c(Br)c1. The predicted octanol–water partition coefficient (Wildman–Crippen LogP) is 2.15. The third kappa shape index (κ3) is 4.19. The van der Waals surface area contributed by atoms with Gasteiger partial charge in [-0.1, -0.05) is 13.0 Å². The van der Waals surface area contributed by atoms with Crippen LogP contribution in [-0.2, 0) is 11.3 Å². The zero-order valence-electron chi connectivity index (χ0n) is 11.9. The van der Waals surface area contributed by atoms with E-state index in [4.69, 9.17) is 4.74 Å². The van der Waals surface area contributed by atoms with Crippen LogP contribution < -0.4 is 10.2 Å². The zero-order valence-corrected chi connectivity index (χ0v) is 13.5. The first-order valence-electron chi connectivity index (χ1n) is 7.21. The summed E-state index contributed by atoms with van der Waals surface area (Å²) in [5.41, 5.74) is 2.45. The largest absolute Gasteiger partial charge is 0.394 e. The van der Waals surface area contributed by atoms with Crippen molar-refractivity contribution in [1.82, 2.24) is 5.32 Å². The van der Waals surface area contributed by atoms with E-state index in [1.54, 1.807) is 0 Å². The molecule has 112 valence electrons. The van der Waals surface area contributed by atoms with Crippen molar-refractivity contribution in [2.75, 3.05) is 37.7 Å². The van der Waals surface area contributed by atoms with Gasteiger partial charge in [0.2, 0.25) is 0 Å². The average molecular weight is 343 g/mol. The number of nitrogens with zero attached hydrogens (tertiary/aromatic N) is 1.